The van der Waals surface area contributed by atoms with Gasteiger partial charge in [-0.25, -0.2) is 4.98 Å². The second-order valence-electron chi connectivity index (χ2n) is 5.35. The number of primary amides is 1. The molecule has 0 unspecified atom stereocenters. The highest BCUT2D eigenvalue weighted by molar-refractivity contribution is 5.98. The summed E-state index contributed by atoms with van der Waals surface area (Å²) in [4.78, 5) is 15.7. The van der Waals surface area contributed by atoms with E-state index in [2.05, 4.69) is 17.6 Å². The van der Waals surface area contributed by atoms with Crippen LogP contribution < -0.4 is 11.5 Å². The van der Waals surface area contributed by atoms with E-state index in [1.54, 1.807) is 12.1 Å². The molecule has 24 heavy (non-hydrogen) atoms. The number of carbonyl (C=O) groups excluding carboxylic acids is 1. The summed E-state index contributed by atoms with van der Waals surface area (Å²) in [6.07, 6.45) is 7.22. The van der Waals surface area contributed by atoms with Crippen molar-refractivity contribution < 1.29 is 4.79 Å². The zero-order valence-corrected chi connectivity index (χ0v) is 13.4. The van der Waals surface area contributed by atoms with Crippen LogP contribution >= 0.6 is 0 Å². The molecule has 120 valence electrons. The van der Waals surface area contributed by atoms with E-state index in [0.717, 1.165) is 22.2 Å². The molecule has 2 heterocycles. The molecule has 2 aromatic heterocycles. The first-order valence-electron chi connectivity index (χ1n) is 7.52. The quantitative estimate of drug-likeness (QED) is 0.773. The number of hydrogen-bond donors (Lipinski definition) is 2. The Morgan fingerprint density at radius 2 is 2.08 bits per heavy atom. The third kappa shape index (κ3) is 2.36. The van der Waals surface area contributed by atoms with Crippen molar-refractivity contribution in [1.29, 1.82) is 0 Å². The number of anilines is 1. The van der Waals surface area contributed by atoms with E-state index >= 15 is 0 Å². The number of allylic oxidation sites excluding steroid dienone is 1. The van der Waals surface area contributed by atoms with E-state index in [4.69, 9.17) is 11.5 Å². The molecule has 3 rings (SSSR count). The van der Waals surface area contributed by atoms with Crippen LogP contribution in [0, 0.1) is 0 Å². The smallest absolute Gasteiger partial charge is 0.252 e. The van der Waals surface area contributed by atoms with Gasteiger partial charge in [-0.3, -0.25) is 9.36 Å². The number of nitrogen functional groups attached to an aromatic ring is 1. The number of pyridine rings is 1. The van der Waals surface area contributed by atoms with Crippen molar-refractivity contribution in [3.05, 3.63) is 66.0 Å². The van der Waals surface area contributed by atoms with Crippen molar-refractivity contribution in [3.63, 3.8) is 0 Å². The maximum atomic E-state index is 11.4. The fourth-order valence-electron chi connectivity index (χ4n) is 2.86. The monoisotopic (exact) mass is 318 g/mol. The lowest BCUT2D eigenvalue weighted by Crippen LogP contribution is -2.14. The van der Waals surface area contributed by atoms with Gasteiger partial charge < -0.3 is 11.5 Å². The first-order valence-corrected chi connectivity index (χ1v) is 7.52. The van der Waals surface area contributed by atoms with Crippen LogP contribution in [-0.2, 0) is 0 Å². The van der Waals surface area contributed by atoms with E-state index in [9.17, 15) is 4.79 Å². The van der Waals surface area contributed by atoms with Gasteiger partial charge in [0.15, 0.2) is 0 Å². The lowest BCUT2D eigenvalue weighted by Gasteiger charge is -2.10. The highest BCUT2D eigenvalue weighted by Crippen LogP contribution is 2.31. The average Bonchev–Trinajstić information content (AvgIpc) is 2.88. The molecule has 0 radical (unpaired) electrons. The first kappa shape index (κ1) is 15.6. The van der Waals surface area contributed by atoms with E-state index in [0.29, 0.717) is 11.5 Å². The molecular weight excluding hydrogens is 300 g/mol. The van der Waals surface area contributed by atoms with Gasteiger partial charge in [-0.1, -0.05) is 36.9 Å². The maximum Gasteiger partial charge on any atom is 0.252 e. The Morgan fingerprint density at radius 1 is 1.33 bits per heavy atom. The Bertz CT molecular complexity index is 982. The fraction of sp³-hybridized carbons (Fsp3) is 0.0526. The van der Waals surface area contributed by atoms with Gasteiger partial charge in [-0.2, -0.15) is 0 Å². The molecule has 0 bridgehead atoms. The topological polar surface area (TPSA) is 86.9 Å². The molecule has 5 heteroatoms. The zero-order chi connectivity index (χ0) is 17.3. The Hall–Kier alpha value is -3.34. The SMILES string of the molecule is C=Cc1c(/C=C\C)c2ccccc2n1-c1cc(N)c(C(N)=O)cn1. The second kappa shape index (κ2) is 6.04. The number of carbonyl (C=O) groups is 1. The summed E-state index contributed by atoms with van der Waals surface area (Å²) in [7, 11) is 0. The van der Waals surface area contributed by atoms with Crippen LogP contribution in [0.5, 0.6) is 0 Å². The van der Waals surface area contributed by atoms with Gasteiger partial charge in [0.25, 0.3) is 5.91 Å². The third-order valence-corrected chi connectivity index (χ3v) is 3.89. The standard InChI is InChI=1S/C19H18N4O/c1-3-7-12-13-8-5-6-9-17(13)23(16(12)4-2)18-10-15(20)14(11-22-18)19(21)24/h3-11H,2H2,1H3,(H2,20,22)(H2,21,24)/b7-3-. The largest absolute Gasteiger partial charge is 0.398 e. The summed E-state index contributed by atoms with van der Waals surface area (Å²) in [5.74, 6) is 0.0156. The van der Waals surface area contributed by atoms with E-state index in [-0.39, 0.29) is 5.56 Å². The number of rotatable bonds is 4. The lowest BCUT2D eigenvalue weighted by atomic mass is 10.1. The minimum atomic E-state index is -0.595. The number of hydrogen-bond acceptors (Lipinski definition) is 3. The molecule has 4 N–H and O–H groups in total. The minimum absolute atomic E-state index is 0.212. The van der Waals surface area contributed by atoms with Gasteiger partial charge in [0.05, 0.1) is 16.8 Å². The first-order chi connectivity index (χ1) is 11.6. The van der Waals surface area contributed by atoms with Gasteiger partial charge in [-0.05, 0) is 19.1 Å². The Kier molecular flexibility index (Phi) is 3.92. The van der Waals surface area contributed by atoms with Crippen LogP contribution in [0.4, 0.5) is 5.69 Å². The van der Waals surface area contributed by atoms with Gasteiger partial charge in [-0.15, -0.1) is 0 Å². The molecule has 0 saturated carbocycles. The molecule has 0 atom stereocenters. The lowest BCUT2D eigenvalue weighted by molar-refractivity contribution is 0.100. The molecule has 1 amide bonds. The van der Waals surface area contributed by atoms with E-state index in [1.807, 2.05) is 41.8 Å². The Morgan fingerprint density at radius 3 is 2.71 bits per heavy atom. The molecular formula is C19H18N4O. The van der Waals surface area contributed by atoms with Crippen molar-refractivity contribution in [2.24, 2.45) is 5.73 Å². The highest BCUT2D eigenvalue weighted by atomic mass is 16.1. The highest BCUT2D eigenvalue weighted by Gasteiger charge is 2.16. The number of aromatic nitrogens is 2. The molecule has 0 aliphatic carbocycles. The average molecular weight is 318 g/mol. The van der Waals surface area contributed by atoms with Crippen molar-refractivity contribution >= 4 is 34.6 Å². The number of benzene rings is 1. The van der Waals surface area contributed by atoms with Crippen LogP contribution in [-0.4, -0.2) is 15.5 Å². The number of para-hydroxylation sites is 1. The molecule has 0 aliphatic heterocycles. The van der Waals surface area contributed by atoms with E-state index < -0.39 is 5.91 Å². The van der Waals surface area contributed by atoms with Gasteiger partial charge in [0.1, 0.15) is 5.82 Å². The summed E-state index contributed by atoms with van der Waals surface area (Å²) in [5.41, 5.74) is 14.7. The number of nitrogens with two attached hydrogens (primary N) is 2. The molecule has 0 aliphatic rings. The molecule has 0 fully saturated rings. The van der Waals surface area contributed by atoms with Crippen LogP contribution in [0.2, 0.25) is 0 Å². The van der Waals surface area contributed by atoms with Crippen molar-refractivity contribution in [2.45, 2.75) is 6.92 Å². The van der Waals surface area contributed by atoms with Gasteiger partial charge in [0, 0.05) is 28.9 Å². The molecule has 0 saturated heterocycles. The number of amides is 1. The minimum Gasteiger partial charge on any atom is -0.398 e. The fourth-order valence-corrected chi connectivity index (χ4v) is 2.86. The number of fused-ring (bicyclic) bond motifs is 1. The maximum absolute atomic E-state index is 11.4. The van der Waals surface area contributed by atoms with Gasteiger partial charge in [0.2, 0.25) is 0 Å². The van der Waals surface area contributed by atoms with E-state index in [1.165, 1.54) is 6.20 Å². The van der Waals surface area contributed by atoms with Crippen molar-refractivity contribution in [1.82, 2.24) is 9.55 Å². The van der Waals surface area contributed by atoms with Gasteiger partial charge >= 0.3 is 0 Å². The van der Waals surface area contributed by atoms with Crippen molar-refractivity contribution in [3.8, 4) is 5.82 Å². The molecule has 5 nitrogen and oxygen atoms in total. The molecule has 0 spiro atoms. The summed E-state index contributed by atoms with van der Waals surface area (Å²) in [5, 5.41) is 1.09. The van der Waals surface area contributed by atoms with Crippen LogP contribution in [0.15, 0.2) is 49.2 Å². The predicted molar refractivity (Wildman–Crippen MR) is 98.8 cm³/mol. The van der Waals surface area contributed by atoms with Crippen molar-refractivity contribution in [2.75, 3.05) is 5.73 Å². The van der Waals surface area contributed by atoms with Crippen LogP contribution in [0.3, 0.4) is 0 Å². The van der Waals surface area contributed by atoms with Crippen LogP contribution in [0.1, 0.15) is 28.5 Å². The summed E-state index contributed by atoms with van der Waals surface area (Å²) in [6, 6.07) is 9.67. The normalized spacial score (nSPS) is 11.2. The number of nitrogens with zero attached hydrogens (tertiary/aromatic N) is 2. The summed E-state index contributed by atoms with van der Waals surface area (Å²) >= 11 is 0. The van der Waals surface area contributed by atoms with Crippen LogP contribution in [0.25, 0.3) is 28.9 Å². The predicted octanol–water partition coefficient (Wildman–Crippen LogP) is 3.38. The second-order valence-corrected chi connectivity index (χ2v) is 5.35. The summed E-state index contributed by atoms with van der Waals surface area (Å²) in [6.45, 7) is 5.90. The Labute approximate surface area is 139 Å². The zero-order valence-electron chi connectivity index (χ0n) is 13.4. The third-order valence-electron chi connectivity index (χ3n) is 3.89. The molecule has 1 aromatic carbocycles. The molecule has 3 aromatic rings. The Balaban J connectivity index is 2.36. The summed E-state index contributed by atoms with van der Waals surface area (Å²) < 4.78 is 1.97.